The Labute approximate surface area is 145 Å². The second-order valence-electron chi connectivity index (χ2n) is 7.08. The molecule has 1 aromatic heterocycles. The Balaban J connectivity index is 2.12. The number of allylic oxidation sites excluding steroid dienone is 1. The van der Waals surface area contributed by atoms with Crippen LogP contribution in [0, 0.1) is 12.8 Å². The Bertz CT molecular complexity index is 910. The molecule has 0 bridgehead atoms. The van der Waals surface area contributed by atoms with Crippen molar-refractivity contribution >= 4 is 16.9 Å². The molecule has 1 fully saturated rings. The molecule has 132 valence electrons. The first-order valence-corrected chi connectivity index (χ1v) is 8.37. The van der Waals surface area contributed by atoms with Gasteiger partial charge in [-0.2, -0.15) is 0 Å². The summed E-state index contributed by atoms with van der Waals surface area (Å²) in [6.45, 7) is 9.30. The summed E-state index contributed by atoms with van der Waals surface area (Å²) in [5.41, 5.74) is -0.169. The van der Waals surface area contributed by atoms with Crippen LogP contribution in [0.2, 0.25) is 0 Å². The monoisotopic (exact) mass is 342 g/mol. The molecule has 0 unspecified atom stereocenters. The fourth-order valence-corrected chi connectivity index (χ4v) is 3.61. The quantitative estimate of drug-likeness (QED) is 0.522. The predicted octanol–water partition coefficient (Wildman–Crippen LogP) is 3.59. The van der Waals surface area contributed by atoms with E-state index >= 15 is 0 Å². The molecule has 5 heteroatoms. The summed E-state index contributed by atoms with van der Waals surface area (Å²) in [6.07, 6.45) is 2.24. The first-order chi connectivity index (χ1) is 11.8. The molecule has 0 radical (unpaired) electrons. The van der Waals surface area contributed by atoms with Crippen molar-refractivity contribution < 1.29 is 19.1 Å². The van der Waals surface area contributed by atoms with Crippen LogP contribution >= 0.6 is 0 Å². The minimum absolute atomic E-state index is 0.0934. The Morgan fingerprint density at radius 2 is 2.12 bits per heavy atom. The van der Waals surface area contributed by atoms with E-state index in [-0.39, 0.29) is 29.3 Å². The molecule has 1 N–H and O–H groups in total. The van der Waals surface area contributed by atoms with Gasteiger partial charge in [0.2, 0.25) is 0 Å². The lowest BCUT2D eigenvalue weighted by Gasteiger charge is -2.28. The van der Waals surface area contributed by atoms with Crippen molar-refractivity contribution in [2.75, 3.05) is 0 Å². The maximum Gasteiger partial charge on any atom is 0.344 e. The molecule has 2 aromatic rings. The molecule has 0 aliphatic carbocycles. The van der Waals surface area contributed by atoms with Gasteiger partial charge in [0.25, 0.3) is 0 Å². The van der Waals surface area contributed by atoms with E-state index in [1.54, 1.807) is 25.1 Å². The van der Waals surface area contributed by atoms with Crippen LogP contribution in [-0.2, 0) is 14.9 Å². The first kappa shape index (κ1) is 17.3. The standard InChI is InChI=1S/C20H22O5/c1-5-20(4,10-13-9-12(3)18(22)24-13)16-17(21)15-11(2)7-6-8-14(15)25-19(16)23/h5-8,12-13,21H,1,9-10H2,2-4H3/t12-,13-,20+/m0/s1. The fourth-order valence-electron chi connectivity index (χ4n) is 3.61. The Kier molecular flexibility index (Phi) is 4.19. The number of esters is 1. The third-order valence-corrected chi connectivity index (χ3v) is 5.09. The Morgan fingerprint density at radius 3 is 2.72 bits per heavy atom. The van der Waals surface area contributed by atoms with Crippen LogP contribution < -0.4 is 5.63 Å². The van der Waals surface area contributed by atoms with Gasteiger partial charge in [0.1, 0.15) is 17.4 Å². The number of cyclic esters (lactones) is 1. The van der Waals surface area contributed by atoms with Crippen molar-refractivity contribution in [2.45, 2.75) is 45.1 Å². The molecule has 0 spiro atoms. The molecule has 1 aliphatic heterocycles. The lowest BCUT2D eigenvalue weighted by molar-refractivity contribution is -0.144. The Hall–Kier alpha value is -2.56. The van der Waals surface area contributed by atoms with Crippen molar-refractivity contribution in [3.63, 3.8) is 0 Å². The lowest BCUT2D eigenvalue weighted by atomic mass is 9.77. The van der Waals surface area contributed by atoms with Crippen LogP contribution in [0.1, 0.15) is 37.8 Å². The second kappa shape index (κ2) is 6.06. The van der Waals surface area contributed by atoms with Gasteiger partial charge in [-0.1, -0.05) is 32.1 Å². The van der Waals surface area contributed by atoms with Gasteiger partial charge in [-0.25, -0.2) is 4.79 Å². The number of carbonyl (C=O) groups is 1. The highest BCUT2D eigenvalue weighted by atomic mass is 16.5. The smallest absolute Gasteiger partial charge is 0.344 e. The van der Waals surface area contributed by atoms with E-state index in [2.05, 4.69) is 6.58 Å². The number of hydrogen-bond donors (Lipinski definition) is 1. The van der Waals surface area contributed by atoms with Crippen molar-refractivity contribution in [1.29, 1.82) is 0 Å². The van der Waals surface area contributed by atoms with Crippen molar-refractivity contribution in [1.82, 2.24) is 0 Å². The molecular formula is C20H22O5. The number of hydrogen-bond acceptors (Lipinski definition) is 5. The van der Waals surface area contributed by atoms with E-state index in [1.165, 1.54) is 0 Å². The highest BCUT2D eigenvalue weighted by Gasteiger charge is 2.39. The average molecular weight is 342 g/mol. The van der Waals surface area contributed by atoms with E-state index in [0.29, 0.717) is 23.8 Å². The molecule has 1 aromatic carbocycles. The highest BCUT2D eigenvalue weighted by Crippen LogP contribution is 2.40. The summed E-state index contributed by atoms with van der Waals surface area (Å²) in [5, 5.41) is 11.4. The average Bonchev–Trinajstić information content (AvgIpc) is 2.84. The van der Waals surface area contributed by atoms with Crippen molar-refractivity contribution in [3.05, 3.63) is 52.4 Å². The van der Waals surface area contributed by atoms with Crippen LogP contribution in [0.4, 0.5) is 0 Å². The molecule has 3 rings (SSSR count). The van der Waals surface area contributed by atoms with Crippen LogP contribution in [0.15, 0.2) is 40.1 Å². The zero-order chi connectivity index (χ0) is 18.4. The van der Waals surface area contributed by atoms with Gasteiger partial charge in [0.05, 0.1) is 16.9 Å². The van der Waals surface area contributed by atoms with E-state index in [4.69, 9.17) is 9.15 Å². The van der Waals surface area contributed by atoms with E-state index in [1.807, 2.05) is 19.9 Å². The normalized spacial score (nSPS) is 22.6. The van der Waals surface area contributed by atoms with Crippen molar-refractivity contribution in [3.8, 4) is 5.75 Å². The first-order valence-electron chi connectivity index (χ1n) is 8.37. The molecular weight excluding hydrogens is 320 g/mol. The third-order valence-electron chi connectivity index (χ3n) is 5.09. The molecule has 3 atom stereocenters. The number of ether oxygens (including phenoxy) is 1. The summed E-state index contributed by atoms with van der Waals surface area (Å²) in [5.74, 6) is -0.492. The van der Waals surface area contributed by atoms with Gasteiger partial charge in [-0.15, -0.1) is 6.58 Å². The maximum absolute atomic E-state index is 12.6. The van der Waals surface area contributed by atoms with Crippen LogP contribution in [-0.4, -0.2) is 17.2 Å². The third kappa shape index (κ3) is 2.84. The highest BCUT2D eigenvalue weighted by molar-refractivity contribution is 5.87. The lowest BCUT2D eigenvalue weighted by Crippen LogP contribution is -2.31. The zero-order valence-corrected chi connectivity index (χ0v) is 14.7. The van der Waals surface area contributed by atoms with Gasteiger partial charge in [0.15, 0.2) is 0 Å². The van der Waals surface area contributed by atoms with Gasteiger partial charge >= 0.3 is 11.6 Å². The predicted molar refractivity (Wildman–Crippen MR) is 94.7 cm³/mol. The zero-order valence-electron chi connectivity index (χ0n) is 14.7. The second-order valence-corrected chi connectivity index (χ2v) is 7.08. The number of carbonyl (C=O) groups excluding carboxylic acids is 1. The van der Waals surface area contributed by atoms with E-state index < -0.39 is 11.0 Å². The SMILES string of the molecule is C=C[C@](C)(C[C@@H]1C[C@H](C)C(=O)O1)c1c(O)c2c(C)cccc2oc1=O. The molecule has 2 heterocycles. The maximum atomic E-state index is 12.6. The minimum atomic E-state index is -0.879. The minimum Gasteiger partial charge on any atom is -0.507 e. The molecule has 25 heavy (non-hydrogen) atoms. The fraction of sp³-hybridized carbons (Fsp3) is 0.400. The van der Waals surface area contributed by atoms with Crippen LogP contribution in [0.3, 0.4) is 0 Å². The molecule has 0 saturated carbocycles. The van der Waals surface area contributed by atoms with Gasteiger partial charge < -0.3 is 14.3 Å². The number of aryl methyl sites for hydroxylation is 1. The number of rotatable bonds is 4. The Morgan fingerprint density at radius 1 is 1.40 bits per heavy atom. The summed E-state index contributed by atoms with van der Waals surface area (Å²) in [6, 6.07) is 5.27. The number of benzene rings is 1. The van der Waals surface area contributed by atoms with E-state index in [0.717, 1.165) is 5.56 Å². The van der Waals surface area contributed by atoms with E-state index in [9.17, 15) is 14.7 Å². The molecule has 1 aliphatic rings. The molecule has 5 nitrogen and oxygen atoms in total. The van der Waals surface area contributed by atoms with Crippen LogP contribution in [0.25, 0.3) is 11.0 Å². The summed E-state index contributed by atoms with van der Waals surface area (Å²) >= 11 is 0. The topological polar surface area (TPSA) is 76.7 Å². The number of fused-ring (bicyclic) bond motifs is 1. The van der Waals surface area contributed by atoms with Gasteiger partial charge in [0, 0.05) is 5.41 Å². The van der Waals surface area contributed by atoms with Gasteiger partial charge in [-0.3, -0.25) is 4.79 Å². The summed E-state index contributed by atoms with van der Waals surface area (Å²) in [4.78, 5) is 24.3. The summed E-state index contributed by atoms with van der Waals surface area (Å²) in [7, 11) is 0. The van der Waals surface area contributed by atoms with Crippen LogP contribution in [0.5, 0.6) is 5.75 Å². The van der Waals surface area contributed by atoms with Gasteiger partial charge in [-0.05, 0) is 31.4 Å². The molecule has 0 amide bonds. The molecule has 1 saturated heterocycles. The largest absolute Gasteiger partial charge is 0.507 e. The summed E-state index contributed by atoms with van der Waals surface area (Å²) < 4.78 is 10.8. The number of aromatic hydroxyl groups is 1. The van der Waals surface area contributed by atoms with Crippen molar-refractivity contribution in [2.24, 2.45) is 5.92 Å².